The number of hydrogen-bond donors (Lipinski definition) is 1. The molecule has 3 amide bonds. The predicted molar refractivity (Wildman–Crippen MR) is 147 cm³/mol. The van der Waals surface area contributed by atoms with E-state index in [4.69, 9.17) is 32.7 Å². The van der Waals surface area contributed by atoms with Crippen LogP contribution in [0.15, 0.2) is 42.5 Å². The number of ketones is 1. The van der Waals surface area contributed by atoms with Gasteiger partial charge in [-0.25, -0.2) is 4.79 Å². The Balaban J connectivity index is 1.52. The average molecular weight is 576 g/mol. The van der Waals surface area contributed by atoms with Gasteiger partial charge in [-0.15, -0.1) is 0 Å². The number of ether oxygens (including phenoxy) is 2. The summed E-state index contributed by atoms with van der Waals surface area (Å²) in [7, 11) is 0. The van der Waals surface area contributed by atoms with E-state index < -0.39 is 35.9 Å². The number of halogens is 2. The number of likely N-dealkylation sites (tertiary alicyclic amines) is 1. The molecule has 2 aromatic rings. The lowest BCUT2D eigenvalue weighted by atomic mass is 10.0. The SMILES string of the molecule is CC(=O)c1ccc(NC(=O)CC2OC3CN(C(=O)OC(C)(C)C)CC3N(Cc3ccc(Cl)cc3Cl)C2=O)cc1. The molecule has 0 aliphatic carbocycles. The molecule has 0 radical (unpaired) electrons. The van der Waals surface area contributed by atoms with Gasteiger partial charge < -0.3 is 24.6 Å². The number of fused-ring (bicyclic) bond motifs is 1. The van der Waals surface area contributed by atoms with Crippen LogP contribution in [0, 0.1) is 0 Å². The third-order valence-corrected chi connectivity index (χ3v) is 7.08. The number of nitrogens with one attached hydrogen (secondary N) is 1. The molecule has 4 rings (SSSR count). The fourth-order valence-electron chi connectivity index (χ4n) is 4.62. The van der Waals surface area contributed by atoms with Gasteiger partial charge in [-0.3, -0.25) is 14.4 Å². The van der Waals surface area contributed by atoms with Crippen LogP contribution < -0.4 is 5.32 Å². The van der Waals surface area contributed by atoms with E-state index in [1.165, 1.54) is 11.8 Å². The molecule has 208 valence electrons. The highest BCUT2D eigenvalue weighted by Crippen LogP contribution is 2.32. The van der Waals surface area contributed by atoms with Crippen molar-refractivity contribution in [1.29, 1.82) is 0 Å². The number of benzene rings is 2. The minimum atomic E-state index is -1.06. The lowest BCUT2D eigenvalue weighted by Crippen LogP contribution is -2.58. The maximum Gasteiger partial charge on any atom is 0.410 e. The summed E-state index contributed by atoms with van der Waals surface area (Å²) >= 11 is 12.5. The van der Waals surface area contributed by atoms with Gasteiger partial charge >= 0.3 is 6.09 Å². The van der Waals surface area contributed by atoms with Gasteiger partial charge in [0.05, 0.1) is 25.1 Å². The van der Waals surface area contributed by atoms with Crippen LogP contribution >= 0.6 is 23.2 Å². The highest BCUT2D eigenvalue weighted by molar-refractivity contribution is 6.35. The molecule has 39 heavy (non-hydrogen) atoms. The van der Waals surface area contributed by atoms with E-state index in [1.54, 1.807) is 68.1 Å². The van der Waals surface area contributed by atoms with Gasteiger partial charge in [0.15, 0.2) is 5.78 Å². The van der Waals surface area contributed by atoms with Gasteiger partial charge in [-0.2, -0.15) is 0 Å². The largest absolute Gasteiger partial charge is 0.444 e. The molecule has 0 saturated carbocycles. The van der Waals surface area contributed by atoms with Crippen molar-refractivity contribution in [2.75, 3.05) is 18.4 Å². The van der Waals surface area contributed by atoms with E-state index >= 15 is 0 Å². The maximum absolute atomic E-state index is 13.6. The molecule has 0 bridgehead atoms. The summed E-state index contributed by atoms with van der Waals surface area (Å²) in [6, 6.07) is 11.1. The van der Waals surface area contributed by atoms with Gasteiger partial charge in [0.1, 0.15) is 11.7 Å². The summed E-state index contributed by atoms with van der Waals surface area (Å²) in [5.74, 6) is -0.884. The Hall–Kier alpha value is -3.14. The standard InChI is InChI=1S/C28H31Cl2N3O6/c1-16(34)17-6-9-20(10-7-17)31-25(35)12-23-26(36)33(13-18-5-8-19(29)11-21(18)30)22-14-32(15-24(22)38-23)27(37)39-28(2,3)4/h5-11,22-24H,12-15H2,1-4H3,(H,31,35). The lowest BCUT2D eigenvalue weighted by molar-refractivity contribution is -0.169. The number of hydrogen-bond acceptors (Lipinski definition) is 6. The second kappa shape index (κ2) is 11.5. The maximum atomic E-state index is 13.6. The fraction of sp³-hybridized carbons (Fsp3) is 0.429. The first-order chi connectivity index (χ1) is 18.3. The van der Waals surface area contributed by atoms with Gasteiger partial charge in [0.25, 0.3) is 5.91 Å². The van der Waals surface area contributed by atoms with Crippen LogP contribution in [0.3, 0.4) is 0 Å². The number of anilines is 1. The zero-order chi connectivity index (χ0) is 28.5. The second-order valence-corrected chi connectivity index (χ2v) is 11.5. The van der Waals surface area contributed by atoms with Crippen LogP contribution in [0.2, 0.25) is 10.0 Å². The predicted octanol–water partition coefficient (Wildman–Crippen LogP) is 4.94. The van der Waals surface area contributed by atoms with Crippen LogP contribution in [-0.2, 0) is 25.6 Å². The van der Waals surface area contributed by atoms with E-state index in [0.29, 0.717) is 26.9 Å². The first-order valence-electron chi connectivity index (χ1n) is 12.6. The Bertz CT molecular complexity index is 1280. The Morgan fingerprint density at radius 2 is 1.77 bits per heavy atom. The van der Waals surface area contributed by atoms with E-state index in [2.05, 4.69) is 5.32 Å². The molecule has 9 nitrogen and oxygen atoms in total. The first kappa shape index (κ1) is 28.9. The van der Waals surface area contributed by atoms with Crippen molar-refractivity contribution in [3.05, 3.63) is 63.6 Å². The number of carbonyl (C=O) groups is 4. The Morgan fingerprint density at radius 1 is 1.08 bits per heavy atom. The van der Waals surface area contributed by atoms with Crippen molar-refractivity contribution in [2.24, 2.45) is 0 Å². The number of Topliss-reactive ketones (excluding diaryl/α,β-unsaturated/α-hetero) is 1. The van der Waals surface area contributed by atoms with E-state index in [9.17, 15) is 19.2 Å². The van der Waals surface area contributed by atoms with Gasteiger partial charge in [-0.1, -0.05) is 29.3 Å². The Kier molecular flexibility index (Phi) is 8.54. The number of nitrogens with zero attached hydrogens (tertiary/aromatic N) is 2. The van der Waals surface area contributed by atoms with Crippen molar-refractivity contribution in [3.63, 3.8) is 0 Å². The summed E-state index contributed by atoms with van der Waals surface area (Å²) in [6.07, 6.45) is -2.31. The zero-order valence-electron chi connectivity index (χ0n) is 22.2. The molecule has 2 aliphatic rings. The summed E-state index contributed by atoms with van der Waals surface area (Å²) in [6.45, 7) is 7.40. The third-order valence-electron chi connectivity index (χ3n) is 6.49. The van der Waals surface area contributed by atoms with Crippen LogP contribution in [0.25, 0.3) is 0 Å². The van der Waals surface area contributed by atoms with Crippen LogP contribution in [0.1, 0.15) is 50.0 Å². The number of carbonyl (C=O) groups excluding carboxylic acids is 4. The molecule has 3 unspecified atom stereocenters. The molecule has 3 atom stereocenters. The van der Waals surface area contributed by atoms with E-state index in [1.807, 2.05) is 0 Å². The van der Waals surface area contributed by atoms with Crippen LogP contribution in [0.4, 0.5) is 10.5 Å². The minimum Gasteiger partial charge on any atom is -0.444 e. The topological polar surface area (TPSA) is 105 Å². The number of amides is 3. The highest BCUT2D eigenvalue weighted by atomic mass is 35.5. The van der Waals surface area contributed by atoms with Crippen LogP contribution in [-0.4, -0.2) is 70.4 Å². The molecule has 2 aromatic carbocycles. The van der Waals surface area contributed by atoms with Crippen molar-refractivity contribution in [2.45, 2.75) is 64.5 Å². The molecule has 2 fully saturated rings. The second-order valence-electron chi connectivity index (χ2n) is 10.7. The van der Waals surface area contributed by atoms with Crippen molar-refractivity contribution < 1.29 is 28.7 Å². The van der Waals surface area contributed by atoms with Gasteiger partial charge in [0, 0.05) is 34.4 Å². The number of morpholine rings is 1. The molecule has 11 heteroatoms. The molecule has 2 saturated heterocycles. The molecular weight excluding hydrogens is 545 g/mol. The quantitative estimate of drug-likeness (QED) is 0.489. The van der Waals surface area contributed by atoms with E-state index in [0.717, 1.165) is 0 Å². The Labute approximate surface area is 237 Å². The fourth-order valence-corrected chi connectivity index (χ4v) is 5.08. The molecule has 1 N–H and O–H groups in total. The van der Waals surface area contributed by atoms with Crippen LogP contribution in [0.5, 0.6) is 0 Å². The summed E-state index contributed by atoms with van der Waals surface area (Å²) in [5.41, 5.74) is 1.02. The van der Waals surface area contributed by atoms with Crippen molar-refractivity contribution in [3.8, 4) is 0 Å². The summed E-state index contributed by atoms with van der Waals surface area (Å²) in [5, 5.41) is 3.62. The first-order valence-corrected chi connectivity index (χ1v) is 13.3. The molecule has 2 heterocycles. The molecular formula is C28H31Cl2N3O6. The monoisotopic (exact) mass is 575 g/mol. The van der Waals surface area contributed by atoms with E-state index in [-0.39, 0.29) is 37.7 Å². The van der Waals surface area contributed by atoms with Gasteiger partial charge in [0.2, 0.25) is 5.91 Å². The normalized spacial score (nSPS) is 21.0. The smallest absolute Gasteiger partial charge is 0.410 e. The van der Waals surface area contributed by atoms with Crippen molar-refractivity contribution >= 4 is 52.6 Å². The summed E-state index contributed by atoms with van der Waals surface area (Å²) < 4.78 is 11.6. The van der Waals surface area contributed by atoms with Gasteiger partial charge in [-0.05, 0) is 69.7 Å². The highest BCUT2D eigenvalue weighted by Gasteiger charge is 2.49. The lowest BCUT2D eigenvalue weighted by Gasteiger charge is -2.40. The minimum absolute atomic E-state index is 0.0819. The zero-order valence-corrected chi connectivity index (χ0v) is 23.7. The third kappa shape index (κ3) is 7.09. The molecule has 0 aromatic heterocycles. The molecule has 2 aliphatic heterocycles. The van der Waals surface area contributed by atoms with Crippen molar-refractivity contribution in [1.82, 2.24) is 9.80 Å². The molecule has 0 spiro atoms. The summed E-state index contributed by atoms with van der Waals surface area (Å²) in [4.78, 5) is 54.0. The number of rotatable bonds is 6. The Morgan fingerprint density at radius 3 is 2.38 bits per heavy atom. The average Bonchev–Trinajstić information content (AvgIpc) is 3.26.